The second-order valence-corrected chi connectivity index (χ2v) is 3.17. The van der Waals surface area contributed by atoms with Crippen molar-refractivity contribution in [2.24, 2.45) is 7.05 Å². The Morgan fingerprint density at radius 3 is 2.85 bits per heavy atom. The molecule has 0 aliphatic heterocycles. The number of rotatable bonds is 2. The van der Waals surface area contributed by atoms with Gasteiger partial charge >= 0.3 is 0 Å². The summed E-state index contributed by atoms with van der Waals surface area (Å²) in [6.07, 6.45) is 3.61. The highest BCUT2D eigenvalue weighted by Crippen LogP contribution is 2.05. The lowest BCUT2D eigenvalue weighted by molar-refractivity contribution is 0.620. The maximum absolute atomic E-state index is 5.69. The van der Waals surface area contributed by atoms with Crippen LogP contribution >= 0.6 is 11.6 Å². The molecule has 68 valence electrons. The van der Waals surface area contributed by atoms with E-state index in [0.717, 1.165) is 5.69 Å². The van der Waals surface area contributed by atoms with E-state index < -0.39 is 0 Å². The van der Waals surface area contributed by atoms with E-state index in [1.54, 1.807) is 16.9 Å². The maximum Gasteiger partial charge on any atom is 0.151 e. The third kappa shape index (κ3) is 1.72. The van der Waals surface area contributed by atoms with Crippen LogP contribution in [-0.4, -0.2) is 19.6 Å². The normalized spacial score (nSPS) is 10.6. The minimum Gasteiger partial charge on any atom is -0.271 e. The summed E-state index contributed by atoms with van der Waals surface area (Å²) < 4.78 is 3.59. The summed E-state index contributed by atoms with van der Waals surface area (Å²) >= 11 is 5.69. The van der Waals surface area contributed by atoms with E-state index >= 15 is 0 Å². The van der Waals surface area contributed by atoms with Gasteiger partial charge in [0.05, 0.1) is 12.2 Å². The molecule has 0 saturated heterocycles. The molecule has 2 aromatic rings. The lowest BCUT2D eigenvalue weighted by Gasteiger charge is -2.01. The monoisotopic (exact) mass is 196 g/mol. The molecule has 0 unspecified atom stereocenters. The van der Waals surface area contributed by atoms with E-state index in [-0.39, 0.29) is 0 Å². The highest BCUT2D eigenvalue weighted by molar-refractivity contribution is 6.29. The zero-order valence-corrected chi connectivity index (χ0v) is 7.94. The number of halogens is 1. The molecular formula is C8H9ClN4. The molecule has 0 aliphatic carbocycles. The van der Waals surface area contributed by atoms with E-state index in [4.69, 9.17) is 11.6 Å². The topological polar surface area (TPSA) is 35.6 Å². The Hall–Kier alpha value is -1.29. The molecule has 0 N–H and O–H groups in total. The van der Waals surface area contributed by atoms with Gasteiger partial charge in [-0.15, -0.1) is 0 Å². The quantitative estimate of drug-likeness (QED) is 0.726. The molecule has 0 saturated carbocycles. The van der Waals surface area contributed by atoms with Gasteiger partial charge in [0, 0.05) is 19.4 Å². The standard InChI is InChI=1S/C8H9ClN4/c1-12-7(2-4-10-12)6-13-5-3-8(9)11-13/h2-5H,6H2,1H3. The molecule has 2 heterocycles. The lowest BCUT2D eigenvalue weighted by atomic mass is 10.4. The number of nitrogens with zero attached hydrogens (tertiary/aromatic N) is 4. The fraction of sp³-hybridized carbons (Fsp3) is 0.250. The molecule has 0 fully saturated rings. The highest BCUT2D eigenvalue weighted by Gasteiger charge is 2.00. The second-order valence-electron chi connectivity index (χ2n) is 2.78. The SMILES string of the molecule is Cn1nccc1Cn1ccc(Cl)n1. The molecule has 0 bridgehead atoms. The van der Waals surface area contributed by atoms with Crippen molar-refractivity contribution in [1.82, 2.24) is 19.6 Å². The first-order valence-corrected chi connectivity index (χ1v) is 4.29. The van der Waals surface area contributed by atoms with Crippen molar-refractivity contribution >= 4 is 11.6 Å². The average molecular weight is 197 g/mol. The van der Waals surface area contributed by atoms with Crippen LogP contribution in [0.1, 0.15) is 5.69 Å². The Kier molecular flexibility index (Phi) is 2.06. The van der Waals surface area contributed by atoms with Crippen LogP contribution in [0.5, 0.6) is 0 Å². The molecule has 2 aromatic heterocycles. The highest BCUT2D eigenvalue weighted by atomic mass is 35.5. The number of aromatic nitrogens is 4. The first-order valence-electron chi connectivity index (χ1n) is 3.91. The first kappa shape index (κ1) is 8.31. The molecule has 0 aromatic carbocycles. The van der Waals surface area contributed by atoms with E-state index in [1.165, 1.54) is 0 Å². The maximum atomic E-state index is 5.69. The Morgan fingerprint density at radius 2 is 2.31 bits per heavy atom. The predicted octanol–water partition coefficient (Wildman–Crippen LogP) is 1.32. The third-order valence-electron chi connectivity index (χ3n) is 1.85. The van der Waals surface area contributed by atoms with Crippen molar-refractivity contribution in [3.8, 4) is 0 Å². The first-order chi connectivity index (χ1) is 6.25. The van der Waals surface area contributed by atoms with Crippen LogP contribution in [0.4, 0.5) is 0 Å². The van der Waals surface area contributed by atoms with Crippen LogP contribution < -0.4 is 0 Å². The van der Waals surface area contributed by atoms with E-state index in [0.29, 0.717) is 11.7 Å². The third-order valence-corrected chi connectivity index (χ3v) is 2.06. The van der Waals surface area contributed by atoms with Gasteiger partial charge in [-0.1, -0.05) is 11.6 Å². The van der Waals surface area contributed by atoms with Crippen molar-refractivity contribution in [3.63, 3.8) is 0 Å². The summed E-state index contributed by atoms with van der Waals surface area (Å²) in [6, 6.07) is 3.72. The molecule has 0 aliphatic rings. The average Bonchev–Trinajstić information content (AvgIpc) is 2.64. The molecule has 4 nitrogen and oxygen atoms in total. The van der Waals surface area contributed by atoms with Crippen molar-refractivity contribution in [3.05, 3.63) is 35.4 Å². The molecule has 2 rings (SSSR count). The largest absolute Gasteiger partial charge is 0.271 e. The second kappa shape index (κ2) is 3.22. The van der Waals surface area contributed by atoms with Gasteiger partial charge in [0.25, 0.3) is 0 Å². The van der Waals surface area contributed by atoms with E-state index in [1.807, 2.05) is 24.0 Å². The molecule has 5 heteroatoms. The van der Waals surface area contributed by atoms with Gasteiger partial charge in [-0.2, -0.15) is 10.2 Å². The van der Waals surface area contributed by atoms with Crippen molar-refractivity contribution in [2.45, 2.75) is 6.54 Å². The zero-order valence-electron chi connectivity index (χ0n) is 7.18. The smallest absolute Gasteiger partial charge is 0.151 e. The van der Waals surface area contributed by atoms with Crippen LogP contribution in [0, 0.1) is 0 Å². The van der Waals surface area contributed by atoms with Crippen LogP contribution in [-0.2, 0) is 13.6 Å². The van der Waals surface area contributed by atoms with Gasteiger partial charge in [0.1, 0.15) is 0 Å². The molecule has 0 atom stereocenters. The Morgan fingerprint density at radius 1 is 1.46 bits per heavy atom. The molecule has 0 spiro atoms. The summed E-state index contributed by atoms with van der Waals surface area (Å²) in [5.41, 5.74) is 1.10. The van der Waals surface area contributed by atoms with Gasteiger partial charge in [-0.3, -0.25) is 9.36 Å². The van der Waals surface area contributed by atoms with Crippen molar-refractivity contribution in [1.29, 1.82) is 0 Å². The Labute approximate surface area is 80.7 Å². The van der Waals surface area contributed by atoms with Gasteiger partial charge in [-0.05, 0) is 12.1 Å². The molecular weight excluding hydrogens is 188 g/mol. The summed E-state index contributed by atoms with van der Waals surface area (Å²) in [7, 11) is 1.90. The van der Waals surface area contributed by atoms with Crippen LogP contribution in [0.3, 0.4) is 0 Å². The van der Waals surface area contributed by atoms with Crippen LogP contribution in [0.2, 0.25) is 5.15 Å². The zero-order chi connectivity index (χ0) is 9.26. The summed E-state index contributed by atoms with van der Waals surface area (Å²) in [5.74, 6) is 0. The van der Waals surface area contributed by atoms with Crippen LogP contribution in [0.15, 0.2) is 24.5 Å². The summed E-state index contributed by atoms with van der Waals surface area (Å²) in [5, 5.41) is 8.65. The van der Waals surface area contributed by atoms with Gasteiger partial charge in [-0.25, -0.2) is 0 Å². The fourth-order valence-electron chi connectivity index (χ4n) is 1.15. The predicted molar refractivity (Wildman–Crippen MR) is 49.5 cm³/mol. The Balaban J connectivity index is 2.19. The van der Waals surface area contributed by atoms with Crippen molar-refractivity contribution in [2.75, 3.05) is 0 Å². The molecule has 0 radical (unpaired) electrons. The Bertz CT molecular complexity index is 404. The summed E-state index contributed by atoms with van der Waals surface area (Å²) in [4.78, 5) is 0. The number of hydrogen-bond donors (Lipinski definition) is 0. The fourth-order valence-corrected chi connectivity index (χ4v) is 1.30. The summed E-state index contributed by atoms with van der Waals surface area (Å²) in [6.45, 7) is 0.698. The minimum atomic E-state index is 0.516. The lowest BCUT2D eigenvalue weighted by Crippen LogP contribution is -2.05. The van der Waals surface area contributed by atoms with Gasteiger partial charge in [0.15, 0.2) is 5.15 Å². The number of aryl methyl sites for hydroxylation is 1. The van der Waals surface area contributed by atoms with Gasteiger partial charge in [0.2, 0.25) is 0 Å². The molecule has 0 amide bonds. The van der Waals surface area contributed by atoms with E-state index in [2.05, 4.69) is 10.2 Å². The van der Waals surface area contributed by atoms with Gasteiger partial charge < -0.3 is 0 Å². The van der Waals surface area contributed by atoms with E-state index in [9.17, 15) is 0 Å². The number of hydrogen-bond acceptors (Lipinski definition) is 2. The minimum absolute atomic E-state index is 0.516. The van der Waals surface area contributed by atoms with Crippen molar-refractivity contribution < 1.29 is 0 Å². The molecule has 13 heavy (non-hydrogen) atoms. The van der Waals surface area contributed by atoms with Crippen LogP contribution in [0.25, 0.3) is 0 Å².